The number of anilines is 6. The minimum Gasteiger partial charge on any atom is -0.310 e. The van der Waals surface area contributed by atoms with Crippen LogP contribution in [0.4, 0.5) is 34.1 Å². The SMILES string of the molecule is Cc1ccc2c(-c3ccc4ccccc4c3)c3ccccc3c(-c3ccc4ccccc4c3)c2c1.c1ccc(N(c2ccccc2)c2cc3cc(N(c4ccccc4)c4ccccc4)c4ccccc4c3c3ccccc23)cc1. The second-order valence-electron chi connectivity index (χ2n) is 20.5. The summed E-state index contributed by atoms with van der Waals surface area (Å²) in [6.45, 7) is 2.19. The van der Waals surface area contributed by atoms with Crippen LogP contribution in [0, 0.1) is 6.92 Å². The second kappa shape index (κ2) is 20.3. The van der Waals surface area contributed by atoms with Gasteiger partial charge in [0.25, 0.3) is 0 Å². The van der Waals surface area contributed by atoms with Crippen LogP contribution in [-0.4, -0.2) is 0 Å². The Balaban J connectivity index is 0.000000147. The molecule has 0 amide bonds. The first kappa shape index (κ1) is 47.2. The Morgan fingerprint density at radius 2 is 0.544 bits per heavy atom. The summed E-state index contributed by atoms with van der Waals surface area (Å²) in [5, 5.41) is 17.7. The summed E-state index contributed by atoms with van der Waals surface area (Å²) in [4.78, 5) is 4.76. The lowest BCUT2D eigenvalue weighted by Gasteiger charge is -2.29. The molecule has 0 bridgehead atoms. The van der Waals surface area contributed by atoms with Crippen molar-refractivity contribution >= 4 is 110 Å². The molecule has 0 heterocycles. The van der Waals surface area contributed by atoms with Crippen molar-refractivity contribution in [1.82, 2.24) is 0 Å². The van der Waals surface area contributed by atoms with Gasteiger partial charge in [-0.2, -0.15) is 0 Å². The van der Waals surface area contributed by atoms with E-state index in [0.717, 1.165) is 34.1 Å². The second-order valence-corrected chi connectivity index (χ2v) is 20.5. The highest BCUT2D eigenvalue weighted by Crippen LogP contribution is 2.49. The first-order valence-electron chi connectivity index (χ1n) is 27.2. The minimum atomic E-state index is 1.12. The monoisotopic (exact) mass is 1010 g/mol. The van der Waals surface area contributed by atoms with E-state index in [1.807, 2.05) is 0 Å². The molecule has 2 heteroatoms. The van der Waals surface area contributed by atoms with Gasteiger partial charge in [-0.1, -0.05) is 242 Å². The minimum absolute atomic E-state index is 1.12. The summed E-state index contributed by atoms with van der Waals surface area (Å²) in [5.41, 5.74) is 13.2. The maximum Gasteiger partial charge on any atom is 0.0546 e. The van der Waals surface area contributed by atoms with E-state index in [1.165, 1.54) is 103 Å². The summed E-state index contributed by atoms with van der Waals surface area (Å²) in [6, 6.07) is 112. The molecule has 0 atom stereocenters. The van der Waals surface area contributed by atoms with Crippen molar-refractivity contribution in [3.63, 3.8) is 0 Å². The Labute approximate surface area is 460 Å². The lowest BCUT2D eigenvalue weighted by molar-refractivity contribution is 1.30. The Morgan fingerprint density at radius 1 is 0.215 bits per heavy atom. The third-order valence-corrected chi connectivity index (χ3v) is 15.6. The summed E-state index contributed by atoms with van der Waals surface area (Å²) < 4.78 is 0. The molecule has 0 unspecified atom stereocenters. The average molecular weight is 1010 g/mol. The highest BCUT2D eigenvalue weighted by atomic mass is 15.2. The Bertz CT molecular complexity index is 4490. The number of aryl methyl sites for hydroxylation is 1. The number of rotatable bonds is 8. The van der Waals surface area contributed by atoms with Crippen molar-refractivity contribution in [3.8, 4) is 22.3 Å². The summed E-state index contributed by atoms with van der Waals surface area (Å²) in [7, 11) is 0. The molecule has 0 spiro atoms. The maximum absolute atomic E-state index is 2.38. The van der Waals surface area contributed by atoms with E-state index < -0.39 is 0 Å². The third-order valence-electron chi connectivity index (χ3n) is 15.6. The molecule has 79 heavy (non-hydrogen) atoms. The van der Waals surface area contributed by atoms with Crippen molar-refractivity contribution in [2.75, 3.05) is 9.80 Å². The molecule has 0 fully saturated rings. The van der Waals surface area contributed by atoms with Crippen LogP contribution >= 0.6 is 0 Å². The molecule has 15 aromatic carbocycles. The van der Waals surface area contributed by atoms with Crippen LogP contribution in [0.2, 0.25) is 0 Å². The predicted octanol–water partition coefficient (Wildman–Crippen LogP) is 22.0. The van der Waals surface area contributed by atoms with E-state index in [2.05, 4.69) is 326 Å². The molecule has 372 valence electrons. The van der Waals surface area contributed by atoms with Gasteiger partial charge in [0.05, 0.1) is 11.4 Å². The number of para-hydroxylation sites is 4. The zero-order valence-electron chi connectivity index (χ0n) is 43.8. The Morgan fingerprint density at radius 3 is 0.962 bits per heavy atom. The van der Waals surface area contributed by atoms with Crippen LogP contribution < -0.4 is 9.80 Å². The van der Waals surface area contributed by atoms with E-state index in [0.29, 0.717) is 0 Å². The van der Waals surface area contributed by atoms with E-state index in [9.17, 15) is 0 Å². The number of fused-ring (bicyclic) bond motifs is 9. The first-order chi connectivity index (χ1) is 39.1. The van der Waals surface area contributed by atoms with Gasteiger partial charge in [-0.3, -0.25) is 0 Å². The number of hydrogen-bond donors (Lipinski definition) is 0. The summed E-state index contributed by atoms with van der Waals surface area (Å²) >= 11 is 0. The smallest absolute Gasteiger partial charge is 0.0546 e. The van der Waals surface area contributed by atoms with Gasteiger partial charge in [-0.05, 0) is 167 Å². The van der Waals surface area contributed by atoms with Gasteiger partial charge in [-0.15, -0.1) is 0 Å². The van der Waals surface area contributed by atoms with E-state index in [4.69, 9.17) is 0 Å². The highest BCUT2D eigenvalue weighted by molar-refractivity contribution is 6.27. The van der Waals surface area contributed by atoms with Crippen LogP contribution in [0.1, 0.15) is 5.56 Å². The lowest BCUT2D eigenvalue weighted by Crippen LogP contribution is -2.11. The molecule has 0 aliphatic heterocycles. The molecular formula is C77H54N2. The predicted molar refractivity (Wildman–Crippen MR) is 340 cm³/mol. The van der Waals surface area contributed by atoms with E-state index in [1.54, 1.807) is 0 Å². The lowest BCUT2D eigenvalue weighted by atomic mass is 9.84. The molecule has 0 N–H and O–H groups in total. The van der Waals surface area contributed by atoms with Gasteiger partial charge in [0.1, 0.15) is 0 Å². The first-order valence-corrected chi connectivity index (χ1v) is 27.2. The molecule has 0 saturated carbocycles. The van der Waals surface area contributed by atoms with Gasteiger partial charge in [0.15, 0.2) is 0 Å². The van der Waals surface area contributed by atoms with Crippen LogP contribution in [0.25, 0.3) is 97.7 Å². The van der Waals surface area contributed by atoms with Crippen molar-refractivity contribution in [1.29, 1.82) is 0 Å². The van der Waals surface area contributed by atoms with Crippen molar-refractivity contribution in [2.45, 2.75) is 6.92 Å². The van der Waals surface area contributed by atoms with Crippen molar-refractivity contribution in [3.05, 3.63) is 315 Å². The van der Waals surface area contributed by atoms with Gasteiger partial charge < -0.3 is 9.80 Å². The quantitative estimate of drug-likeness (QED) is 0.111. The normalized spacial score (nSPS) is 11.4. The summed E-state index contributed by atoms with van der Waals surface area (Å²) in [6.07, 6.45) is 0. The van der Waals surface area contributed by atoms with Crippen LogP contribution in [0.5, 0.6) is 0 Å². The number of nitrogens with zero attached hydrogens (tertiary/aromatic N) is 2. The van der Waals surface area contributed by atoms with Crippen LogP contribution in [0.15, 0.2) is 309 Å². The summed E-state index contributed by atoms with van der Waals surface area (Å²) in [5.74, 6) is 0. The van der Waals surface area contributed by atoms with Crippen molar-refractivity contribution < 1.29 is 0 Å². The molecule has 0 saturated heterocycles. The topological polar surface area (TPSA) is 6.48 Å². The van der Waals surface area contributed by atoms with Gasteiger partial charge in [0, 0.05) is 33.5 Å². The average Bonchev–Trinajstić information content (AvgIpc) is 3.71. The van der Waals surface area contributed by atoms with E-state index >= 15 is 0 Å². The van der Waals surface area contributed by atoms with Crippen LogP contribution in [0.3, 0.4) is 0 Å². The highest BCUT2D eigenvalue weighted by Gasteiger charge is 2.22. The zero-order valence-corrected chi connectivity index (χ0v) is 43.8. The fourth-order valence-corrected chi connectivity index (χ4v) is 12.1. The molecule has 15 rings (SSSR count). The maximum atomic E-state index is 2.38. The largest absolute Gasteiger partial charge is 0.310 e. The Kier molecular flexibility index (Phi) is 12.2. The fourth-order valence-electron chi connectivity index (χ4n) is 12.1. The van der Waals surface area contributed by atoms with Crippen molar-refractivity contribution in [2.24, 2.45) is 0 Å². The molecule has 2 nitrogen and oxygen atoms in total. The fraction of sp³-hybridized carbons (Fsp3) is 0.0130. The molecule has 15 aromatic rings. The number of hydrogen-bond acceptors (Lipinski definition) is 2. The molecule has 0 aromatic heterocycles. The Hall–Kier alpha value is -10.3. The van der Waals surface area contributed by atoms with Gasteiger partial charge in [-0.25, -0.2) is 0 Å². The number of benzene rings is 15. The molecular weight excluding hydrogens is 953 g/mol. The molecule has 0 aliphatic rings. The third kappa shape index (κ3) is 8.67. The van der Waals surface area contributed by atoms with Gasteiger partial charge in [0.2, 0.25) is 0 Å². The van der Waals surface area contributed by atoms with Crippen LogP contribution in [-0.2, 0) is 0 Å². The van der Waals surface area contributed by atoms with Gasteiger partial charge >= 0.3 is 0 Å². The standard InChI is InChI=1S/C42H30N2.C35H24/c1-5-17-32(18-6-1)43(33-19-7-2-8-20-33)40-29-31-30-41(44(34-21-9-3-10-22-34)35-23-11-4-12-24-35)37-26-14-16-28-39(37)42(31)38-27-15-13-25-36(38)40;1-23-14-19-32-33(20-23)35(29-18-16-25-9-3-5-11-27(25)22-29)31-13-7-6-12-30(31)34(32)28-17-15-24-8-2-4-10-26(24)21-28/h1-30H;2-22H,1H3. The molecule has 0 radical (unpaired) electrons. The van der Waals surface area contributed by atoms with E-state index in [-0.39, 0.29) is 0 Å². The zero-order chi connectivity index (χ0) is 52.7. The molecule has 0 aliphatic carbocycles.